The van der Waals surface area contributed by atoms with E-state index in [-0.39, 0.29) is 11.7 Å². The summed E-state index contributed by atoms with van der Waals surface area (Å²) in [6, 6.07) is 12.6. The summed E-state index contributed by atoms with van der Waals surface area (Å²) in [6.07, 6.45) is 2.66. The number of amides is 1. The van der Waals surface area contributed by atoms with Crippen LogP contribution < -0.4 is 15.5 Å². The molecular formula is C25H29ClFN5O2. The minimum absolute atomic E-state index is 0.176. The summed E-state index contributed by atoms with van der Waals surface area (Å²) < 4.78 is 18.6. The number of nitrogens with one attached hydrogen (secondary N) is 3. The van der Waals surface area contributed by atoms with E-state index in [1.54, 1.807) is 18.3 Å². The maximum absolute atomic E-state index is 13.3. The van der Waals surface area contributed by atoms with Crippen molar-refractivity contribution in [2.45, 2.75) is 25.8 Å². The quantitative estimate of drug-likeness (QED) is 0.209. The van der Waals surface area contributed by atoms with E-state index in [1.165, 1.54) is 0 Å². The molecule has 0 unspecified atom stereocenters. The van der Waals surface area contributed by atoms with Crippen LogP contribution in [0.25, 0.3) is 11.3 Å². The Bertz CT molecular complexity index is 1130. The van der Waals surface area contributed by atoms with Crippen LogP contribution in [0.2, 0.25) is 5.02 Å². The number of aromatic nitrogens is 1. The number of oxazole rings is 1. The molecule has 0 saturated carbocycles. The van der Waals surface area contributed by atoms with Crippen LogP contribution in [-0.4, -0.2) is 44.0 Å². The molecule has 0 bridgehead atoms. The highest BCUT2D eigenvalue weighted by molar-refractivity contribution is 6.34. The molecule has 1 aromatic heterocycles. The van der Waals surface area contributed by atoms with E-state index >= 15 is 0 Å². The van der Waals surface area contributed by atoms with Crippen molar-refractivity contribution in [3.63, 3.8) is 0 Å². The summed E-state index contributed by atoms with van der Waals surface area (Å²) in [4.78, 5) is 19.5. The molecule has 3 N–H and O–H groups in total. The van der Waals surface area contributed by atoms with Crippen molar-refractivity contribution in [2.24, 2.45) is 0 Å². The van der Waals surface area contributed by atoms with Crippen LogP contribution in [0.3, 0.4) is 0 Å². The number of rotatable bonds is 10. The van der Waals surface area contributed by atoms with Crippen LogP contribution in [0.4, 0.5) is 10.1 Å². The second-order valence-electron chi connectivity index (χ2n) is 8.16. The first-order chi connectivity index (χ1) is 16.3. The fourth-order valence-electron chi connectivity index (χ4n) is 3.49. The number of aryl methyl sites for hydroxylation is 1. The highest BCUT2D eigenvalue weighted by atomic mass is 35.5. The molecule has 3 aromatic rings. The average molecular weight is 486 g/mol. The fourth-order valence-corrected chi connectivity index (χ4v) is 3.75. The first-order valence-corrected chi connectivity index (χ1v) is 11.3. The molecule has 1 atom stereocenters. The number of carbonyl (C=O) groups is 1. The summed E-state index contributed by atoms with van der Waals surface area (Å²) in [5.41, 5.74) is 3.07. The van der Waals surface area contributed by atoms with Crippen molar-refractivity contribution in [3.8, 4) is 11.3 Å². The molecule has 0 aliphatic heterocycles. The minimum atomic E-state index is -0.848. The van der Waals surface area contributed by atoms with E-state index in [2.05, 4.69) is 15.6 Å². The number of anilines is 1. The van der Waals surface area contributed by atoms with Gasteiger partial charge in [-0.15, -0.1) is 0 Å². The van der Waals surface area contributed by atoms with Gasteiger partial charge in [0.05, 0.1) is 22.5 Å². The number of hydrogen-bond acceptors (Lipinski definition) is 5. The molecule has 0 radical (unpaired) electrons. The molecule has 0 aliphatic rings. The SMILES string of the molecule is Cc1ccc(-c2cnc([C@H](CCCNC(=N)CF)NC(=O)c3c(Cl)cccc3N(C)C)o2)cc1. The lowest BCUT2D eigenvalue weighted by molar-refractivity contribution is 0.0928. The van der Waals surface area contributed by atoms with E-state index in [0.717, 1.165) is 11.1 Å². The monoisotopic (exact) mass is 485 g/mol. The van der Waals surface area contributed by atoms with E-state index in [9.17, 15) is 9.18 Å². The summed E-state index contributed by atoms with van der Waals surface area (Å²) in [5.74, 6) is 0.435. The van der Waals surface area contributed by atoms with Gasteiger partial charge in [-0.3, -0.25) is 10.2 Å². The van der Waals surface area contributed by atoms with Gasteiger partial charge < -0.3 is 20.0 Å². The summed E-state index contributed by atoms with van der Waals surface area (Å²) in [6.45, 7) is 1.55. The van der Waals surface area contributed by atoms with Gasteiger partial charge in [0, 0.05) is 26.2 Å². The Kier molecular flexibility index (Phi) is 8.65. The smallest absolute Gasteiger partial charge is 0.255 e. The van der Waals surface area contributed by atoms with Gasteiger partial charge in [-0.05, 0) is 31.9 Å². The van der Waals surface area contributed by atoms with Crippen molar-refractivity contribution in [1.29, 1.82) is 5.41 Å². The first-order valence-electron chi connectivity index (χ1n) is 11.0. The Morgan fingerprint density at radius 1 is 1.24 bits per heavy atom. The van der Waals surface area contributed by atoms with Crippen LogP contribution in [0.1, 0.15) is 40.7 Å². The molecule has 0 spiro atoms. The molecular weight excluding hydrogens is 457 g/mol. The third-order valence-corrected chi connectivity index (χ3v) is 5.62. The second-order valence-corrected chi connectivity index (χ2v) is 8.57. The number of halogens is 2. The molecule has 2 aromatic carbocycles. The first kappa shape index (κ1) is 25.2. The van der Waals surface area contributed by atoms with Crippen LogP contribution in [0.5, 0.6) is 0 Å². The zero-order valence-corrected chi connectivity index (χ0v) is 20.2. The fraction of sp³-hybridized carbons (Fsp3) is 0.320. The zero-order chi connectivity index (χ0) is 24.7. The van der Waals surface area contributed by atoms with Gasteiger partial charge in [-0.25, -0.2) is 9.37 Å². The van der Waals surface area contributed by atoms with Gasteiger partial charge in [-0.2, -0.15) is 0 Å². The van der Waals surface area contributed by atoms with Gasteiger partial charge in [0.15, 0.2) is 5.76 Å². The lowest BCUT2D eigenvalue weighted by Crippen LogP contribution is -2.31. The van der Waals surface area contributed by atoms with Gasteiger partial charge in [0.1, 0.15) is 18.6 Å². The molecule has 1 amide bonds. The summed E-state index contributed by atoms with van der Waals surface area (Å²) >= 11 is 6.38. The van der Waals surface area contributed by atoms with Crippen LogP contribution in [-0.2, 0) is 0 Å². The predicted molar refractivity (Wildman–Crippen MR) is 134 cm³/mol. The van der Waals surface area contributed by atoms with Gasteiger partial charge in [-0.1, -0.05) is 47.5 Å². The number of carbonyl (C=O) groups excluding carboxylic acids is 1. The maximum atomic E-state index is 13.3. The van der Waals surface area contributed by atoms with E-state index < -0.39 is 12.7 Å². The highest BCUT2D eigenvalue weighted by Crippen LogP contribution is 2.29. The maximum Gasteiger partial charge on any atom is 0.255 e. The van der Waals surface area contributed by atoms with Gasteiger partial charge >= 0.3 is 0 Å². The highest BCUT2D eigenvalue weighted by Gasteiger charge is 2.24. The Labute approximate surface area is 203 Å². The lowest BCUT2D eigenvalue weighted by Gasteiger charge is -2.21. The number of alkyl halides is 1. The standard InChI is InChI=1S/C25H29ClFN5O2/c1-16-9-11-17(12-10-16)21-15-30-25(34-21)19(7-5-13-29-22(28)14-27)31-24(33)23-18(26)6-4-8-20(23)32(2)3/h4,6,8-12,15,19H,5,7,13-14H2,1-3H3,(H2,28,29)(H,31,33)/t19-/m0/s1. The van der Waals surface area contributed by atoms with Crippen molar-refractivity contribution in [3.05, 3.63) is 70.7 Å². The van der Waals surface area contributed by atoms with Crippen LogP contribution in [0, 0.1) is 12.3 Å². The minimum Gasteiger partial charge on any atom is -0.438 e. The summed E-state index contributed by atoms with van der Waals surface area (Å²) in [7, 11) is 3.68. The molecule has 3 rings (SSSR count). The molecule has 7 nitrogen and oxygen atoms in total. The molecule has 180 valence electrons. The summed E-state index contributed by atoms with van der Waals surface area (Å²) in [5, 5.41) is 13.5. The van der Waals surface area contributed by atoms with Crippen molar-refractivity contribution >= 4 is 29.0 Å². The second kappa shape index (κ2) is 11.7. The number of hydrogen-bond donors (Lipinski definition) is 3. The Morgan fingerprint density at radius 2 is 1.97 bits per heavy atom. The lowest BCUT2D eigenvalue weighted by atomic mass is 10.1. The van der Waals surface area contributed by atoms with E-state index in [0.29, 0.717) is 47.3 Å². The molecule has 1 heterocycles. The van der Waals surface area contributed by atoms with Gasteiger partial charge in [0.25, 0.3) is 5.91 Å². The zero-order valence-electron chi connectivity index (χ0n) is 19.5. The number of nitrogens with zero attached hydrogens (tertiary/aromatic N) is 2. The molecule has 0 aliphatic carbocycles. The van der Waals surface area contributed by atoms with Crippen molar-refractivity contribution in [2.75, 3.05) is 32.2 Å². The predicted octanol–water partition coefficient (Wildman–Crippen LogP) is 5.16. The molecule has 0 saturated heterocycles. The topological polar surface area (TPSA) is 94.2 Å². The average Bonchev–Trinajstić information content (AvgIpc) is 3.31. The van der Waals surface area contributed by atoms with Crippen LogP contribution >= 0.6 is 11.6 Å². The normalized spacial score (nSPS) is 11.7. The van der Waals surface area contributed by atoms with Crippen LogP contribution in [0.15, 0.2) is 53.1 Å². The van der Waals surface area contributed by atoms with E-state index in [1.807, 2.05) is 56.3 Å². The number of benzene rings is 2. The van der Waals surface area contributed by atoms with Crippen molar-refractivity contribution in [1.82, 2.24) is 15.6 Å². The van der Waals surface area contributed by atoms with E-state index in [4.69, 9.17) is 21.4 Å². The Hall–Kier alpha value is -3.39. The Balaban J connectivity index is 1.84. The van der Waals surface area contributed by atoms with Crippen molar-refractivity contribution < 1.29 is 13.6 Å². The molecule has 0 fully saturated rings. The third-order valence-electron chi connectivity index (χ3n) is 5.31. The number of amidine groups is 1. The Morgan fingerprint density at radius 3 is 2.65 bits per heavy atom. The third kappa shape index (κ3) is 6.35. The molecule has 34 heavy (non-hydrogen) atoms. The molecule has 9 heteroatoms. The largest absolute Gasteiger partial charge is 0.438 e. The van der Waals surface area contributed by atoms with Gasteiger partial charge in [0.2, 0.25) is 5.89 Å².